The minimum absolute atomic E-state index is 0. The quantitative estimate of drug-likeness (QED) is 0.218. The second-order valence-electron chi connectivity index (χ2n) is 0.349. The van der Waals surface area contributed by atoms with Gasteiger partial charge in [-0.1, -0.05) is 0 Å². The third-order valence-corrected chi connectivity index (χ3v) is 1.05. The first-order valence-electron chi connectivity index (χ1n) is 1.02. The van der Waals surface area contributed by atoms with E-state index in [2.05, 4.69) is 0 Å². The summed E-state index contributed by atoms with van der Waals surface area (Å²) in [6.07, 6.45) is 0. The van der Waals surface area contributed by atoms with Crippen molar-refractivity contribution in [1.29, 1.82) is 10.5 Å². The molecule has 0 fully saturated rings. The Morgan fingerprint density at radius 1 is 0.875 bits per heavy atom. The molecule has 2 nitrogen and oxygen atoms in total. The first-order valence-corrected chi connectivity index (χ1v) is 3.17. The topological polar surface area (TPSA) is 47.6 Å². The number of thiocyanates is 2. The number of rotatable bonds is 1. The third kappa shape index (κ3) is 15.8. The third-order valence-electron chi connectivity index (χ3n) is 0.116. The van der Waals surface area contributed by atoms with Crippen LogP contribution in [0.25, 0.3) is 0 Å². The van der Waals surface area contributed by atoms with Crippen molar-refractivity contribution < 1.29 is 0 Å². The summed E-state index contributed by atoms with van der Waals surface area (Å²) < 4.78 is 0. The van der Waals surface area contributed by atoms with E-state index in [1.807, 2.05) is 0 Å². The van der Waals surface area contributed by atoms with E-state index in [0.29, 0.717) is 0 Å². The first kappa shape index (κ1) is 15.9. The van der Waals surface area contributed by atoms with Gasteiger partial charge in [-0.25, -0.2) is 0 Å². The second kappa shape index (κ2) is 15.7. The van der Waals surface area contributed by atoms with E-state index in [-0.39, 0.29) is 37.7 Å². The molecule has 0 radical (unpaired) electrons. The standard InChI is InChI=1S/C2N2S2.2Li.2H/c3-1-5-6-2-4;;;;. The summed E-state index contributed by atoms with van der Waals surface area (Å²) in [7, 11) is 1.74. The van der Waals surface area contributed by atoms with E-state index in [9.17, 15) is 0 Å². The summed E-state index contributed by atoms with van der Waals surface area (Å²) in [6.45, 7) is 0. The van der Waals surface area contributed by atoms with Crippen LogP contribution in [0.3, 0.4) is 0 Å². The molecule has 0 heterocycles. The molecule has 0 aromatic heterocycles. The average molecular weight is 132 g/mol. The molecule has 0 aromatic carbocycles. The van der Waals surface area contributed by atoms with Gasteiger partial charge < -0.3 is 0 Å². The molecule has 0 aromatic rings. The van der Waals surface area contributed by atoms with Crippen molar-refractivity contribution in [3.8, 4) is 10.8 Å². The molecule has 0 spiro atoms. The maximum atomic E-state index is 7.74. The summed E-state index contributed by atoms with van der Waals surface area (Å²) in [6, 6.07) is 0. The molecule has 6 heteroatoms. The normalized spacial score (nSPS) is 4.25. The molecular weight excluding hydrogens is 130 g/mol. The summed E-state index contributed by atoms with van der Waals surface area (Å²) in [5.41, 5.74) is 0. The zero-order chi connectivity index (χ0) is 4.83. The monoisotopic (exact) mass is 132 g/mol. The number of hydrogen-bond acceptors (Lipinski definition) is 4. The fourth-order valence-electron chi connectivity index (χ4n) is 0.0373. The van der Waals surface area contributed by atoms with Crippen molar-refractivity contribution in [3.63, 3.8) is 0 Å². The summed E-state index contributed by atoms with van der Waals surface area (Å²) >= 11 is 0. The Kier molecular flexibility index (Phi) is 31.2. The SMILES string of the molecule is N#CSSC#N.[LiH].[LiH]. The Hall–Kier alpha value is 0.875. The molecule has 0 aliphatic carbocycles. The molecule has 8 heavy (non-hydrogen) atoms. The van der Waals surface area contributed by atoms with E-state index in [4.69, 9.17) is 10.5 Å². The molecular formula is C2H2Li2N2S2. The Balaban J connectivity index is -0.000000125. The van der Waals surface area contributed by atoms with E-state index in [1.165, 1.54) is 0 Å². The van der Waals surface area contributed by atoms with Gasteiger partial charge in [0, 0.05) is 21.6 Å². The van der Waals surface area contributed by atoms with Crippen LogP contribution in [0.2, 0.25) is 0 Å². The molecule has 0 rings (SSSR count). The fraction of sp³-hybridized carbons (Fsp3) is 0. The van der Waals surface area contributed by atoms with Gasteiger partial charge in [0.1, 0.15) is 10.8 Å². The second-order valence-corrected chi connectivity index (χ2v) is 2.05. The number of nitrogens with zero attached hydrogens (tertiary/aromatic N) is 2. The van der Waals surface area contributed by atoms with Crippen LogP contribution in [0, 0.1) is 21.3 Å². The van der Waals surface area contributed by atoms with Crippen LogP contribution in [0.1, 0.15) is 0 Å². The van der Waals surface area contributed by atoms with Gasteiger partial charge in [-0.05, 0) is 0 Å². The predicted octanol–water partition coefficient (Wildman–Crippen LogP) is 0.0330. The van der Waals surface area contributed by atoms with Crippen molar-refractivity contribution in [2.75, 3.05) is 0 Å². The Bertz CT molecular complexity index is 89.6. The van der Waals surface area contributed by atoms with Gasteiger partial charge in [0.15, 0.2) is 0 Å². The average Bonchev–Trinajstić information content (AvgIpc) is 1.61. The molecule has 0 N–H and O–H groups in total. The number of hydrogen-bond donors (Lipinski definition) is 0. The summed E-state index contributed by atoms with van der Waals surface area (Å²) in [5, 5.41) is 18.9. The van der Waals surface area contributed by atoms with Crippen molar-refractivity contribution in [2.45, 2.75) is 0 Å². The summed E-state index contributed by atoms with van der Waals surface area (Å²) in [5.74, 6) is 0. The van der Waals surface area contributed by atoms with Crippen molar-refractivity contribution in [1.82, 2.24) is 0 Å². The molecule has 0 aliphatic heterocycles. The van der Waals surface area contributed by atoms with E-state index >= 15 is 0 Å². The van der Waals surface area contributed by atoms with E-state index in [0.717, 1.165) is 21.6 Å². The van der Waals surface area contributed by atoms with Gasteiger partial charge in [0.25, 0.3) is 0 Å². The molecule has 0 aliphatic rings. The molecule has 0 bridgehead atoms. The minimum atomic E-state index is 0. The van der Waals surface area contributed by atoms with Gasteiger partial charge >= 0.3 is 37.7 Å². The van der Waals surface area contributed by atoms with Crippen molar-refractivity contribution in [2.24, 2.45) is 0 Å². The van der Waals surface area contributed by atoms with Crippen LogP contribution in [-0.4, -0.2) is 37.7 Å². The van der Waals surface area contributed by atoms with Crippen molar-refractivity contribution in [3.05, 3.63) is 0 Å². The van der Waals surface area contributed by atoms with Gasteiger partial charge in [0.2, 0.25) is 0 Å². The van der Waals surface area contributed by atoms with Crippen LogP contribution < -0.4 is 0 Å². The molecule has 0 unspecified atom stereocenters. The van der Waals surface area contributed by atoms with Crippen molar-refractivity contribution >= 4 is 59.3 Å². The van der Waals surface area contributed by atoms with Crippen LogP contribution in [0.15, 0.2) is 0 Å². The van der Waals surface area contributed by atoms with E-state index < -0.39 is 0 Å². The first-order chi connectivity index (χ1) is 2.91. The zero-order valence-electron chi connectivity index (χ0n) is 2.71. The molecule has 34 valence electrons. The fourth-order valence-corrected chi connectivity index (χ4v) is 0.335. The maximum absolute atomic E-state index is 7.74. The van der Waals surface area contributed by atoms with Gasteiger partial charge in [-0.3, -0.25) is 0 Å². The van der Waals surface area contributed by atoms with Gasteiger partial charge in [0.05, 0.1) is 0 Å². The Morgan fingerprint density at radius 2 is 1.12 bits per heavy atom. The summed E-state index contributed by atoms with van der Waals surface area (Å²) in [4.78, 5) is 0. The predicted molar refractivity (Wildman–Crippen MR) is 40.7 cm³/mol. The molecule has 0 atom stereocenters. The zero-order valence-corrected chi connectivity index (χ0v) is 4.34. The van der Waals surface area contributed by atoms with Crippen LogP contribution >= 0.6 is 21.6 Å². The van der Waals surface area contributed by atoms with Gasteiger partial charge in [-0.15, -0.1) is 0 Å². The van der Waals surface area contributed by atoms with Crippen LogP contribution in [0.4, 0.5) is 0 Å². The van der Waals surface area contributed by atoms with Crippen LogP contribution in [0.5, 0.6) is 0 Å². The number of nitriles is 2. The van der Waals surface area contributed by atoms with E-state index in [1.54, 1.807) is 10.8 Å². The Labute approximate surface area is 80.1 Å². The molecule has 0 saturated carbocycles. The van der Waals surface area contributed by atoms with Crippen LogP contribution in [-0.2, 0) is 0 Å². The molecule has 0 saturated heterocycles. The van der Waals surface area contributed by atoms with Gasteiger partial charge in [-0.2, -0.15) is 10.5 Å². The molecule has 0 amide bonds. The Morgan fingerprint density at radius 3 is 1.25 bits per heavy atom.